The van der Waals surface area contributed by atoms with Gasteiger partial charge in [0.15, 0.2) is 0 Å². The van der Waals surface area contributed by atoms with E-state index >= 15 is 0 Å². The molecule has 100 valence electrons. The molecule has 3 aromatic rings. The van der Waals surface area contributed by atoms with Gasteiger partial charge in [-0.05, 0) is 42.5 Å². The third-order valence-electron chi connectivity index (χ3n) is 2.86. The summed E-state index contributed by atoms with van der Waals surface area (Å²) in [7, 11) is 0. The Balaban J connectivity index is 2.06. The highest BCUT2D eigenvalue weighted by atomic mass is 35.5. The number of fused-ring (bicyclic) bond motifs is 1. The fourth-order valence-electron chi connectivity index (χ4n) is 1.91. The molecule has 0 aliphatic heterocycles. The van der Waals surface area contributed by atoms with E-state index in [9.17, 15) is 0 Å². The lowest BCUT2D eigenvalue weighted by atomic mass is 10.2. The second-order valence-corrected chi connectivity index (χ2v) is 5.13. The molecule has 0 radical (unpaired) electrons. The third kappa shape index (κ3) is 2.50. The SMILES string of the molecule is Nc1cc(Cl)ccc1Oc1ccnc2cc(Cl)ccc12. The molecule has 0 bridgehead atoms. The van der Waals surface area contributed by atoms with Gasteiger partial charge in [0.05, 0.1) is 11.2 Å². The summed E-state index contributed by atoms with van der Waals surface area (Å²) >= 11 is 11.8. The number of anilines is 1. The van der Waals surface area contributed by atoms with Crippen molar-refractivity contribution in [2.24, 2.45) is 0 Å². The molecule has 0 saturated heterocycles. The molecule has 5 heteroatoms. The number of aromatic nitrogens is 1. The van der Waals surface area contributed by atoms with Crippen LogP contribution in [0.3, 0.4) is 0 Å². The Morgan fingerprint density at radius 3 is 2.45 bits per heavy atom. The van der Waals surface area contributed by atoms with Gasteiger partial charge in [-0.1, -0.05) is 23.2 Å². The predicted molar refractivity (Wildman–Crippen MR) is 82.7 cm³/mol. The Bertz CT molecular complexity index is 790. The monoisotopic (exact) mass is 304 g/mol. The van der Waals surface area contributed by atoms with Crippen molar-refractivity contribution in [2.45, 2.75) is 0 Å². The van der Waals surface area contributed by atoms with Crippen LogP contribution in [0.5, 0.6) is 11.5 Å². The van der Waals surface area contributed by atoms with Crippen molar-refractivity contribution in [1.29, 1.82) is 0 Å². The van der Waals surface area contributed by atoms with Crippen LogP contribution in [0.4, 0.5) is 5.69 Å². The summed E-state index contributed by atoms with van der Waals surface area (Å²) in [5.74, 6) is 1.22. The lowest BCUT2D eigenvalue weighted by Crippen LogP contribution is -1.93. The van der Waals surface area contributed by atoms with Gasteiger partial charge in [0.25, 0.3) is 0 Å². The van der Waals surface area contributed by atoms with E-state index in [0.29, 0.717) is 27.2 Å². The van der Waals surface area contributed by atoms with E-state index in [1.54, 1.807) is 42.6 Å². The van der Waals surface area contributed by atoms with Gasteiger partial charge in [-0.2, -0.15) is 0 Å². The van der Waals surface area contributed by atoms with Crippen LogP contribution in [0, 0.1) is 0 Å². The van der Waals surface area contributed by atoms with Gasteiger partial charge in [-0.3, -0.25) is 4.98 Å². The normalized spacial score (nSPS) is 10.7. The van der Waals surface area contributed by atoms with Crippen molar-refractivity contribution >= 4 is 39.8 Å². The van der Waals surface area contributed by atoms with E-state index in [-0.39, 0.29) is 0 Å². The third-order valence-corrected chi connectivity index (χ3v) is 3.33. The topological polar surface area (TPSA) is 48.1 Å². The van der Waals surface area contributed by atoms with Crippen LogP contribution >= 0.6 is 23.2 Å². The zero-order valence-corrected chi connectivity index (χ0v) is 11.8. The zero-order valence-electron chi connectivity index (χ0n) is 10.3. The van der Waals surface area contributed by atoms with Crippen LogP contribution < -0.4 is 10.5 Å². The summed E-state index contributed by atoms with van der Waals surface area (Å²) in [6, 6.07) is 12.3. The first-order valence-corrected chi connectivity index (χ1v) is 6.66. The number of hydrogen-bond acceptors (Lipinski definition) is 3. The molecular weight excluding hydrogens is 295 g/mol. The highest BCUT2D eigenvalue weighted by Crippen LogP contribution is 2.33. The molecule has 0 saturated carbocycles. The number of rotatable bonds is 2. The second-order valence-electron chi connectivity index (χ2n) is 4.25. The van der Waals surface area contributed by atoms with Crippen molar-refractivity contribution in [3.63, 3.8) is 0 Å². The highest BCUT2D eigenvalue weighted by molar-refractivity contribution is 6.31. The Kier molecular flexibility index (Phi) is 3.38. The number of nitrogen functional groups attached to an aromatic ring is 1. The molecule has 3 nitrogen and oxygen atoms in total. The highest BCUT2D eigenvalue weighted by Gasteiger charge is 2.07. The van der Waals surface area contributed by atoms with E-state index in [0.717, 1.165) is 10.9 Å². The Morgan fingerprint density at radius 2 is 1.65 bits per heavy atom. The molecule has 0 fully saturated rings. The summed E-state index contributed by atoms with van der Waals surface area (Å²) in [6.45, 7) is 0. The van der Waals surface area contributed by atoms with E-state index in [2.05, 4.69) is 4.98 Å². The minimum Gasteiger partial charge on any atom is -0.454 e. The van der Waals surface area contributed by atoms with Crippen molar-refractivity contribution in [2.75, 3.05) is 5.73 Å². The largest absolute Gasteiger partial charge is 0.454 e. The van der Waals surface area contributed by atoms with Gasteiger partial charge in [0.2, 0.25) is 0 Å². The molecule has 2 aromatic carbocycles. The molecule has 1 aromatic heterocycles. The van der Waals surface area contributed by atoms with Crippen LogP contribution in [0.15, 0.2) is 48.7 Å². The van der Waals surface area contributed by atoms with E-state index in [1.165, 1.54) is 0 Å². The quantitative estimate of drug-likeness (QED) is 0.684. The molecular formula is C15H10Cl2N2O. The fraction of sp³-hybridized carbons (Fsp3) is 0. The number of pyridine rings is 1. The number of benzene rings is 2. The average Bonchev–Trinajstić information content (AvgIpc) is 2.41. The average molecular weight is 305 g/mol. The maximum atomic E-state index is 5.96. The first-order chi connectivity index (χ1) is 9.63. The van der Waals surface area contributed by atoms with Crippen LogP contribution in [-0.2, 0) is 0 Å². The molecule has 0 amide bonds. The van der Waals surface area contributed by atoms with Gasteiger partial charge < -0.3 is 10.5 Å². The van der Waals surface area contributed by atoms with Crippen LogP contribution in [0.25, 0.3) is 10.9 Å². The molecule has 3 rings (SSSR count). The summed E-state index contributed by atoms with van der Waals surface area (Å²) in [5, 5.41) is 2.07. The second kappa shape index (κ2) is 5.19. The zero-order chi connectivity index (χ0) is 14.1. The van der Waals surface area contributed by atoms with Gasteiger partial charge in [-0.15, -0.1) is 0 Å². The molecule has 1 heterocycles. The van der Waals surface area contributed by atoms with Crippen molar-refractivity contribution in [3.8, 4) is 11.5 Å². The van der Waals surface area contributed by atoms with Crippen LogP contribution in [0.1, 0.15) is 0 Å². The molecule has 2 N–H and O–H groups in total. The minimum atomic E-state index is 0.483. The van der Waals surface area contributed by atoms with E-state index < -0.39 is 0 Å². The Labute approximate surface area is 125 Å². The number of nitrogens with two attached hydrogens (primary N) is 1. The standard InChI is InChI=1S/C15H10Cl2N2O/c16-9-2-4-15(12(18)7-9)20-14-5-6-19-13-8-10(17)1-3-11(13)14/h1-8H,18H2. The van der Waals surface area contributed by atoms with Gasteiger partial charge in [0, 0.05) is 21.6 Å². The summed E-state index contributed by atoms with van der Waals surface area (Å²) in [5.41, 5.74) is 7.14. The maximum Gasteiger partial charge on any atom is 0.150 e. The molecule has 0 aliphatic rings. The van der Waals surface area contributed by atoms with Crippen LogP contribution in [-0.4, -0.2) is 4.98 Å². The minimum absolute atomic E-state index is 0.483. The lowest BCUT2D eigenvalue weighted by molar-refractivity contribution is 0.490. The number of hydrogen-bond donors (Lipinski definition) is 1. The van der Waals surface area contributed by atoms with Gasteiger partial charge >= 0.3 is 0 Å². The smallest absolute Gasteiger partial charge is 0.150 e. The number of ether oxygens (including phenoxy) is 1. The lowest BCUT2D eigenvalue weighted by Gasteiger charge is -2.10. The molecule has 0 atom stereocenters. The van der Waals surface area contributed by atoms with E-state index in [4.69, 9.17) is 33.7 Å². The molecule has 20 heavy (non-hydrogen) atoms. The molecule has 0 unspecified atom stereocenters. The molecule has 0 spiro atoms. The Hall–Kier alpha value is -1.97. The summed E-state index contributed by atoms with van der Waals surface area (Å²) < 4.78 is 5.85. The number of halogens is 2. The van der Waals surface area contributed by atoms with Crippen LogP contribution in [0.2, 0.25) is 10.0 Å². The van der Waals surface area contributed by atoms with Gasteiger partial charge in [0.1, 0.15) is 11.5 Å². The molecule has 0 aliphatic carbocycles. The van der Waals surface area contributed by atoms with Crippen molar-refractivity contribution < 1.29 is 4.74 Å². The van der Waals surface area contributed by atoms with Crippen molar-refractivity contribution in [1.82, 2.24) is 4.98 Å². The first-order valence-electron chi connectivity index (χ1n) is 5.90. The first kappa shape index (κ1) is 13.0. The Morgan fingerprint density at radius 1 is 0.900 bits per heavy atom. The number of nitrogens with zero attached hydrogens (tertiary/aromatic N) is 1. The van der Waals surface area contributed by atoms with Crippen molar-refractivity contribution in [3.05, 3.63) is 58.7 Å². The van der Waals surface area contributed by atoms with E-state index in [1.807, 2.05) is 6.07 Å². The predicted octanol–water partition coefficient (Wildman–Crippen LogP) is 4.92. The maximum absolute atomic E-state index is 5.96. The van der Waals surface area contributed by atoms with Gasteiger partial charge in [-0.25, -0.2) is 0 Å². The summed E-state index contributed by atoms with van der Waals surface area (Å²) in [6.07, 6.45) is 1.67. The summed E-state index contributed by atoms with van der Waals surface area (Å²) in [4.78, 5) is 4.26. The fourth-order valence-corrected chi connectivity index (χ4v) is 2.26.